The van der Waals surface area contributed by atoms with E-state index in [1.54, 1.807) is 6.08 Å². The van der Waals surface area contributed by atoms with Crippen LogP contribution in [0.3, 0.4) is 0 Å². The first kappa shape index (κ1) is 38.5. The molecule has 234 valence electrons. The van der Waals surface area contributed by atoms with Crippen LogP contribution in [0, 0.1) is 5.92 Å². The summed E-state index contributed by atoms with van der Waals surface area (Å²) in [6.45, 7) is 6.14. The SMILES string of the molecule is CCCCCC(=O)/C=C/C=C\C/C=C\C/C=C\CCCC(=O)OC[C@H](CO)OC(=O)CCCCCCCCC(C)C. The number of ketones is 1. The van der Waals surface area contributed by atoms with Gasteiger partial charge in [-0.05, 0) is 50.5 Å². The summed E-state index contributed by atoms with van der Waals surface area (Å²) >= 11 is 0. The van der Waals surface area contributed by atoms with E-state index in [0.29, 0.717) is 19.3 Å². The number of carbonyl (C=O) groups is 3. The van der Waals surface area contributed by atoms with E-state index in [1.807, 2.05) is 24.3 Å². The fourth-order valence-corrected chi connectivity index (χ4v) is 4.04. The smallest absolute Gasteiger partial charge is 0.306 e. The molecule has 0 saturated heterocycles. The Balaban J connectivity index is 3.80. The summed E-state index contributed by atoms with van der Waals surface area (Å²) in [5.74, 6) is 0.244. The lowest BCUT2D eigenvalue weighted by Gasteiger charge is -2.15. The Morgan fingerprint density at radius 1 is 0.707 bits per heavy atom. The Morgan fingerprint density at radius 3 is 2.05 bits per heavy atom. The van der Waals surface area contributed by atoms with E-state index in [1.165, 1.54) is 25.7 Å². The van der Waals surface area contributed by atoms with Gasteiger partial charge in [0.25, 0.3) is 0 Å². The molecule has 0 radical (unpaired) electrons. The first-order valence-corrected chi connectivity index (χ1v) is 16.0. The molecule has 0 spiro atoms. The largest absolute Gasteiger partial charge is 0.462 e. The molecule has 0 amide bonds. The molecule has 0 heterocycles. The fourth-order valence-electron chi connectivity index (χ4n) is 4.04. The second-order valence-electron chi connectivity index (χ2n) is 11.0. The Labute approximate surface area is 250 Å². The van der Waals surface area contributed by atoms with E-state index < -0.39 is 6.10 Å². The molecular weight excluding hydrogens is 516 g/mol. The van der Waals surface area contributed by atoms with Gasteiger partial charge in [0.2, 0.25) is 0 Å². The number of esters is 2. The van der Waals surface area contributed by atoms with Crippen molar-refractivity contribution in [3.63, 3.8) is 0 Å². The summed E-state index contributed by atoms with van der Waals surface area (Å²) in [7, 11) is 0. The number of aliphatic hydroxyl groups excluding tert-OH is 1. The van der Waals surface area contributed by atoms with Crippen molar-refractivity contribution in [2.75, 3.05) is 13.2 Å². The van der Waals surface area contributed by atoms with Crippen LogP contribution in [0.1, 0.15) is 130 Å². The van der Waals surface area contributed by atoms with Crippen molar-refractivity contribution in [3.8, 4) is 0 Å². The van der Waals surface area contributed by atoms with Crippen molar-refractivity contribution in [1.29, 1.82) is 0 Å². The van der Waals surface area contributed by atoms with E-state index in [-0.39, 0.29) is 37.4 Å². The van der Waals surface area contributed by atoms with Crippen molar-refractivity contribution in [1.82, 2.24) is 0 Å². The molecule has 6 nitrogen and oxygen atoms in total. The highest BCUT2D eigenvalue weighted by molar-refractivity contribution is 5.89. The molecule has 1 atom stereocenters. The third-order valence-corrected chi connectivity index (χ3v) is 6.53. The van der Waals surface area contributed by atoms with Gasteiger partial charge in [0.1, 0.15) is 6.61 Å². The van der Waals surface area contributed by atoms with Crippen LogP contribution in [0.4, 0.5) is 0 Å². The highest BCUT2D eigenvalue weighted by Crippen LogP contribution is 2.12. The minimum Gasteiger partial charge on any atom is -0.462 e. The number of unbranched alkanes of at least 4 members (excludes halogenated alkanes) is 8. The summed E-state index contributed by atoms with van der Waals surface area (Å²) in [5.41, 5.74) is 0. The number of carbonyl (C=O) groups excluding carboxylic acids is 3. The molecule has 0 aromatic rings. The van der Waals surface area contributed by atoms with E-state index in [0.717, 1.165) is 63.7 Å². The standard InChI is InChI=1S/C35H58O6/c1-4-5-19-25-32(37)26-21-16-11-9-7-6-8-10-12-17-22-27-34(38)40-30-33(29-36)41-35(39)28-23-18-14-13-15-20-24-31(2)3/h6-7,10-12,16,21,26,31,33,36H,4-5,8-9,13-15,17-20,22-25,27-30H2,1-3H3/b7-6-,12-10-,16-11-,26-21+/t33-/m0/s1. The Kier molecular flexibility index (Phi) is 27.3. The van der Waals surface area contributed by atoms with E-state index >= 15 is 0 Å². The van der Waals surface area contributed by atoms with Crippen LogP contribution in [0.25, 0.3) is 0 Å². The lowest BCUT2D eigenvalue weighted by atomic mass is 10.0. The number of hydrogen-bond donors (Lipinski definition) is 1. The maximum atomic E-state index is 12.0. The molecule has 1 N–H and O–H groups in total. The molecule has 0 aliphatic heterocycles. The summed E-state index contributed by atoms with van der Waals surface area (Å²) in [4.78, 5) is 35.6. The normalized spacial score (nSPS) is 12.8. The van der Waals surface area contributed by atoms with Gasteiger partial charge in [0.05, 0.1) is 6.61 Å². The predicted octanol–water partition coefficient (Wildman–Crippen LogP) is 8.54. The maximum absolute atomic E-state index is 12.0. The molecular formula is C35H58O6. The Hall–Kier alpha value is -2.47. The van der Waals surface area contributed by atoms with Crippen molar-refractivity contribution < 1.29 is 29.0 Å². The van der Waals surface area contributed by atoms with Crippen molar-refractivity contribution in [2.24, 2.45) is 5.92 Å². The summed E-state index contributed by atoms with van der Waals surface area (Å²) in [6, 6.07) is 0. The van der Waals surface area contributed by atoms with E-state index in [4.69, 9.17) is 9.47 Å². The van der Waals surface area contributed by atoms with Crippen LogP contribution in [0.5, 0.6) is 0 Å². The summed E-state index contributed by atoms with van der Waals surface area (Å²) in [6.07, 6.45) is 30.3. The molecule has 0 rings (SSSR count). The first-order valence-electron chi connectivity index (χ1n) is 16.0. The lowest BCUT2D eigenvalue weighted by Crippen LogP contribution is -2.28. The first-order chi connectivity index (χ1) is 19.9. The highest BCUT2D eigenvalue weighted by atomic mass is 16.6. The quantitative estimate of drug-likeness (QED) is 0.0348. The number of aliphatic hydroxyl groups is 1. The Bertz CT molecular complexity index is 778. The van der Waals surface area contributed by atoms with Crippen LogP contribution in [-0.4, -0.2) is 42.1 Å². The third kappa shape index (κ3) is 28.8. The maximum Gasteiger partial charge on any atom is 0.306 e. The average Bonchev–Trinajstić information content (AvgIpc) is 2.94. The molecule has 0 aliphatic rings. The van der Waals surface area contributed by atoms with Crippen molar-refractivity contribution in [2.45, 2.75) is 136 Å². The zero-order valence-corrected chi connectivity index (χ0v) is 26.2. The molecule has 0 aliphatic carbocycles. The van der Waals surface area contributed by atoms with Gasteiger partial charge >= 0.3 is 11.9 Å². The van der Waals surface area contributed by atoms with Crippen LogP contribution >= 0.6 is 0 Å². The van der Waals surface area contributed by atoms with Gasteiger partial charge in [0, 0.05) is 19.3 Å². The minimum absolute atomic E-state index is 0.114. The second kappa shape index (κ2) is 29.0. The number of rotatable bonds is 27. The van der Waals surface area contributed by atoms with Gasteiger partial charge in [-0.25, -0.2) is 0 Å². The van der Waals surface area contributed by atoms with Gasteiger partial charge < -0.3 is 14.6 Å². The third-order valence-electron chi connectivity index (χ3n) is 6.53. The Morgan fingerprint density at radius 2 is 1.34 bits per heavy atom. The molecule has 41 heavy (non-hydrogen) atoms. The fraction of sp³-hybridized carbons (Fsp3) is 0.686. The minimum atomic E-state index is -0.807. The monoisotopic (exact) mass is 574 g/mol. The van der Waals surface area contributed by atoms with Gasteiger partial charge in [-0.2, -0.15) is 0 Å². The number of allylic oxidation sites excluding steroid dienone is 8. The molecule has 0 unspecified atom stereocenters. The zero-order valence-electron chi connectivity index (χ0n) is 26.2. The lowest BCUT2D eigenvalue weighted by molar-refractivity contribution is -0.161. The van der Waals surface area contributed by atoms with Crippen LogP contribution in [0.2, 0.25) is 0 Å². The van der Waals surface area contributed by atoms with Crippen LogP contribution < -0.4 is 0 Å². The predicted molar refractivity (Wildman–Crippen MR) is 168 cm³/mol. The van der Waals surface area contributed by atoms with Gasteiger partial charge in [-0.3, -0.25) is 14.4 Å². The van der Waals surface area contributed by atoms with Crippen LogP contribution in [0.15, 0.2) is 48.6 Å². The summed E-state index contributed by atoms with van der Waals surface area (Å²) in [5, 5.41) is 9.46. The number of hydrogen-bond acceptors (Lipinski definition) is 6. The molecule has 0 saturated carbocycles. The van der Waals surface area contributed by atoms with Crippen molar-refractivity contribution in [3.05, 3.63) is 48.6 Å². The highest BCUT2D eigenvalue weighted by Gasteiger charge is 2.16. The topological polar surface area (TPSA) is 89.9 Å². The molecule has 0 fully saturated rings. The molecule has 6 heteroatoms. The van der Waals surface area contributed by atoms with Crippen LogP contribution in [-0.2, 0) is 23.9 Å². The molecule has 0 aromatic carbocycles. The summed E-state index contributed by atoms with van der Waals surface area (Å²) < 4.78 is 10.4. The van der Waals surface area contributed by atoms with Gasteiger partial charge in [-0.1, -0.05) is 115 Å². The van der Waals surface area contributed by atoms with Crippen molar-refractivity contribution >= 4 is 17.7 Å². The van der Waals surface area contributed by atoms with E-state index in [9.17, 15) is 19.5 Å². The van der Waals surface area contributed by atoms with Gasteiger partial charge in [0.15, 0.2) is 11.9 Å². The average molecular weight is 575 g/mol. The van der Waals surface area contributed by atoms with Gasteiger partial charge in [-0.15, -0.1) is 0 Å². The molecule has 0 aromatic heterocycles. The zero-order chi connectivity index (χ0) is 30.4. The molecule has 0 bridgehead atoms. The van der Waals surface area contributed by atoms with E-state index in [2.05, 4.69) is 39.0 Å². The second-order valence-corrected chi connectivity index (χ2v) is 11.0. The number of ether oxygens (including phenoxy) is 2.